The monoisotopic (exact) mass is 368 g/mol. The second-order valence-electron chi connectivity index (χ2n) is 6.74. The Morgan fingerprint density at radius 2 is 1.84 bits per heavy atom. The van der Waals surface area contributed by atoms with Gasteiger partial charge < -0.3 is 20.1 Å². The van der Waals surface area contributed by atoms with Crippen LogP contribution in [0.5, 0.6) is 5.75 Å². The molecule has 0 aliphatic heterocycles. The van der Waals surface area contributed by atoms with Crippen LogP contribution < -0.4 is 10.5 Å². The van der Waals surface area contributed by atoms with Crippen LogP contribution in [0.4, 0.5) is 4.79 Å². The average molecular weight is 368 g/mol. The number of carbonyl (C=O) groups is 2. The van der Waals surface area contributed by atoms with E-state index >= 15 is 0 Å². The molecule has 0 heterocycles. The summed E-state index contributed by atoms with van der Waals surface area (Å²) in [6.45, 7) is 5.85. The van der Waals surface area contributed by atoms with Crippen molar-refractivity contribution in [2.75, 3.05) is 20.7 Å². The Kier molecular flexibility index (Phi) is 8.09. The molecule has 140 valence electrons. The molecule has 0 aromatic heterocycles. The first-order valence-electron chi connectivity index (χ1n) is 8.10. The van der Waals surface area contributed by atoms with Gasteiger partial charge in [0.05, 0.1) is 12.4 Å². The summed E-state index contributed by atoms with van der Waals surface area (Å²) in [5.41, 5.74) is 6.03. The minimum absolute atomic E-state index is 0.369. The van der Waals surface area contributed by atoms with Crippen molar-refractivity contribution in [1.82, 2.24) is 4.90 Å². The Morgan fingerprint density at radius 1 is 1.24 bits per heavy atom. The zero-order chi connectivity index (χ0) is 19.0. The van der Waals surface area contributed by atoms with Gasteiger partial charge in [0, 0.05) is 19.3 Å². The largest absolute Gasteiger partial charge is 0.497 e. The van der Waals surface area contributed by atoms with Gasteiger partial charge in [-0.2, -0.15) is 0 Å². The molecular weight excluding hydrogens is 340 g/mol. The van der Waals surface area contributed by atoms with E-state index in [2.05, 4.69) is 0 Å². The SMILES string of the molecule is COc1ccc(CSC(CCN(C)C(=O)OC(C)(C)C)C(N)=O)cc1. The molecule has 2 N–H and O–H groups in total. The van der Waals surface area contributed by atoms with E-state index in [1.54, 1.807) is 14.2 Å². The number of thioether (sulfide) groups is 1. The van der Waals surface area contributed by atoms with Crippen LogP contribution in [0.15, 0.2) is 24.3 Å². The molecule has 1 rings (SSSR count). The molecule has 7 heteroatoms. The summed E-state index contributed by atoms with van der Waals surface area (Å²) in [6, 6.07) is 7.67. The fourth-order valence-corrected chi connectivity index (χ4v) is 2.99. The topological polar surface area (TPSA) is 81.9 Å². The predicted molar refractivity (Wildman–Crippen MR) is 101 cm³/mol. The van der Waals surface area contributed by atoms with E-state index in [0.29, 0.717) is 18.7 Å². The van der Waals surface area contributed by atoms with Gasteiger partial charge in [0.15, 0.2) is 0 Å². The lowest BCUT2D eigenvalue weighted by atomic mass is 10.2. The van der Waals surface area contributed by atoms with Crippen molar-refractivity contribution in [2.45, 2.75) is 43.8 Å². The number of carbonyl (C=O) groups excluding carboxylic acids is 2. The van der Waals surface area contributed by atoms with Crippen LogP contribution in [0.1, 0.15) is 32.8 Å². The third kappa shape index (κ3) is 8.16. The number of methoxy groups -OCH3 is 1. The summed E-state index contributed by atoms with van der Waals surface area (Å²) in [5, 5.41) is -0.369. The van der Waals surface area contributed by atoms with Crippen molar-refractivity contribution in [1.29, 1.82) is 0 Å². The molecule has 1 aromatic carbocycles. The Hall–Kier alpha value is -1.89. The van der Waals surface area contributed by atoms with Crippen molar-refractivity contribution >= 4 is 23.8 Å². The summed E-state index contributed by atoms with van der Waals surface area (Å²) in [4.78, 5) is 25.1. The Morgan fingerprint density at radius 3 is 2.32 bits per heavy atom. The van der Waals surface area contributed by atoms with Gasteiger partial charge in [-0.1, -0.05) is 12.1 Å². The van der Waals surface area contributed by atoms with E-state index in [-0.39, 0.29) is 11.2 Å². The van der Waals surface area contributed by atoms with Gasteiger partial charge in [-0.3, -0.25) is 4.79 Å². The highest BCUT2D eigenvalue weighted by molar-refractivity contribution is 7.99. The normalized spacial score (nSPS) is 12.4. The zero-order valence-electron chi connectivity index (χ0n) is 15.6. The molecule has 1 atom stereocenters. The summed E-state index contributed by atoms with van der Waals surface area (Å²) in [6.07, 6.45) is 0.0715. The van der Waals surface area contributed by atoms with Crippen LogP contribution in [0.25, 0.3) is 0 Å². The minimum Gasteiger partial charge on any atom is -0.497 e. The maximum absolute atomic E-state index is 11.9. The van der Waals surface area contributed by atoms with E-state index in [4.69, 9.17) is 15.2 Å². The maximum atomic E-state index is 11.9. The molecular formula is C18H28N2O4S. The van der Waals surface area contributed by atoms with Gasteiger partial charge in [0.1, 0.15) is 11.4 Å². The van der Waals surface area contributed by atoms with E-state index in [9.17, 15) is 9.59 Å². The first-order valence-corrected chi connectivity index (χ1v) is 9.15. The molecule has 0 aliphatic rings. The summed E-state index contributed by atoms with van der Waals surface area (Å²) >= 11 is 1.47. The van der Waals surface area contributed by atoms with E-state index in [1.807, 2.05) is 45.0 Å². The molecule has 1 unspecified atom stereocenters. The molecule has 0 aliphatic carbocycles. The molecule has 2 amide bonds. The Balaban J connectivity index is 2.51. The molecule has 6 nitrogen and oxygen atoms in total. The van der Waals surface area contributed by atoms with Gasteiger partial charge in [0.25, 0.3) is 0 Å². The molecule has 1 aromatic rings. The number of benzene rings is 1. The Labute approximate surface area is 154 Å². The second-order valence-corrected chi connectivity index (χ2v) is 7.93. The molecule has 0 saturated heterocycles. The number of hydrogen-bond donors (Lipinski definition) is 1. The van der Waals surface area contributed by atoms with Gasteiger partial charge in [0.2, 0.25) is 5.91 Å². The number of ether oxygens (including phenoxy) is 2. The molecule has 0 saturated carbocycles. The molecule has 25 heavy (non-hydrogen) atoms. The molecule has 0 fully saturated rings. The summed E-state index contributed by atoms with van der Waals surface area (Å²) in [5.74, 6) is 1.07. The van der Waals surface area contributed by atoms with Gasteiger partial charge in [-0.25, -0.2) is 4.79 Å². The number of primary amides is 1. The maximum Gasteiger partial charge on any atom is 0.410 e. The number of nitrogens with zero attached hydrogens (tertiary/aromatic N) is 1. The van der Waals surface area contributed by atoms with Crippen molar-refractivity contribution < 1.29 is 19.1 Å². The van der Waals surface area contributed by atoms with Gasteiger partial charge in [-0.15, -0.1) is 11.8 Å². The lowest BCUT2D eigenvalue weighted by molar-refractivity contribution is -0.117. The first kappa shape index (κ1) is 21.2. The third-order valence-corrected chi connectivity index (χ3v) is 4.73. The highest BCUT2D eigenvalue weighted by atomic mass is 32.2. The van der Waals surface area contributed by atoms with Crippen LogP contribution in [-0.4, -0.2) is 48.5 Å². The number of rotatable bonds is 8. The quantitative estimate of drug-likeness (QED) is 0.763. The van der Waals surface area contributed by atoms with Crippen molar-refractivity contribution in [3.05, 3.63) is 29.8 Å². The molecule has 0 bridgehead atoms. The smallest absolute Gasteiger partial charge is 0.410 e. The number of nitrogens with two attached hydrogens (primary N) is 1. The van der Waals surface area contributed by atoms with Crippen molar-refractivity contribution in [3.63, 3.8) is 0 Å². The van der Waals surface area contributed by atoms with Crippen molar-refractivity contribution in [2.24, 2.45) is 5.73 Å². The third-order valence-electron chi connectivity index (χ3n) is 3.36. The highest BCUT2D eigenvalue weighted by Gasteiger charge is 2.22. The second kappa shape index (κ2) is 9.56. The molecule has 0 radical (unpaired) electrons. The minimum atomic E-state index is -0.544. The van der Waals surface area contributed by atoms with E-state index in [0.717, 1.165) is 11.3 Å². The zero-order valence-corrected chi connectivity index (χ0v) is 16.4. The standard InChI is InChI=1S/C18H28N2O4S/c1-18(2,3)24-17(22)20(4)11-10-15(16(19)21)25-12-13-6-8-14(23-5)9-7-13/h6-9,15H,10-12H2,1-5H3,(H2,19,21). The van der Waals surface area contributed by atoms with E-state index < -0.39 is 11.7 Å². The number of amides is 2. The average Bonchev–Trinajstić information content (AvgIpc) is 2.53. The van der Waals surface area contributed by atoms with Crippen molar-refractivity contribution in [3.8, 4) is 5.75 Å². The Bertz CT molecular complexity index is 569. The van der Waals surface area contributed by atoms with Crippen LogP contribution in [0, 0.1) is 0 Å². The van der Waals surface area contributed by atoms with Gasteiger partial charge >= 0.3 is 6.09 Å². The summed E-state index contributed by atoms with van der Waals surface area (Å²) < 4.78 is 10.4. The van der Waals surface area contributed by atoms with Gasteiger partial charge in [-0.05, 0) is 44.9 Å². The fraction of sp³-hybridized carbons (Fsp3) is 0.556. The summed E-state index contributed by atoms with van der Waals surface area (Å²) in [7, 11) is 3.27. The van der Waals surface area contributed by atoms with Crippen LogP contribution in [0.3, 0.4) is 0 Å². The van der Waals surface area contributed by atoms with Crippen LogP contribution in [-0.2, 0) is 15.3 Å². The lowest BCUT2D eigenvalue weighted by Crippen LogP contribution is -2.37. The van der Waals surface area contributed by atoms with E-state index in [1.165, 1.54) is 16.7 Å². The lowest BCUT2D eigenvalue weighted by Gasteiger charge is -2.25. The van der Waals surface area contributed by atoms with Crippen LogP contribution >= 0.6 is 11.8 Å². The van der Waals surface area contributed by atoms with Crippen LogP contribution in [0.2, 0.25) is 0 Å². The highest BCUT2D eigenvalue weighted by Crippen LogP contribution is 2.22. The fourth-order valence-electron chi connectivity index (χ4n) is 1.97. The molecule has 0 spiro atoms. The number of hydrogen-bond acceptors (Lipinski definition) is 5. The predicted octanol–water partition coefficient (Wildman–Crippen LogP) is 3.04. The first-order chi connectivity index (χ1) is 11.6.